The minimum atomic E-state index is -0.814. The number of ether oxygens (including phenoxy) is 1. The molecule has 30 heavy (non-hydrogen) atoms. The highest BCUT2D eigenvalue weighted by Crippen LogP contribution is 2.37. The number of hydrogen-bond acceptors (Lipinski definition) is 7. The number of aromatic hydroxyl groups is 1. The summed E-state index contributed by atoms with van der Waals surface area (Å²) in [7, 11) is 0. The van der Waals surface area contributed by atoms with Crippen LogP contribution >= 0.6 is 27.5 Å². The van der Waals surface area contributed by atoms with E-state index >= 15 is 0 Å². The van der Waals surface area contributed by atoms with Crippen molar-refractivity contribution < 1.29 is 24.0 Å². The van der Waals surface area contributed by atoms with Crippen LogP contribution < -0.4 is 0 Å². The Bertz CT molecular complexity index is 1170. The number of nitrogens with zero attached hydrogens (tertiary/aromatic N) is 3. The van der Waals surface area contributed by atoms with Gasteiger partial charge in [-0.25, -0.2) is 9.36 Å². The largest absolute Gasteiger partial charge is 0.494 e. The fraction of sp³-hybridized carbons (Fsp3) is 0.300. The maximum atomic E-state index is 12.8. The summed E-state index contributed by atoms with van der Waals surface area (Å²) in [4.78, 5) is 28.9. The number of aliphatic imine (C=N–C) groups is 1. The molecule has 0 aliphatic heterocycles. The van der Waals surface area contributed by atoms with E-state index in [0.29, 0.717) is 32.6 Å². The second-order valence-corrected chi connectivity index (χ2v) is 8.81. The number of halogens is 2. The molecule has 1 N–H and O–H groups in total. The highest BCUT2D eigenvalue weighted by Gasteiger charge is 2.28. The van der Waals surface area contributed by atoms with Crippen LogP contribution in [0.3, 0.4) is 0 Å². The van der Waals surface area contributed by atoms with Crippen LogP contribution in [-0.2, 0) is 16.1 Å². The summed E-state index contributed by atoms with van der Waals surface area (Å²) in [5.41, 5.74) is 0.166. The van der Waals surface area contributed by atoms with Crippen molar-refractivity contribution in [1.82, 2.24) is 9.72 Å². The Morgan fingerprint density at radius 1 is 1.40 bits per heavy atom. The van der Waals surface area contributed by atoms with E-state index in [4.69, 9.17) is 20.9 Å². The lowest BCUT2D eigenvalue weighted by atomic mass is 10.1. The Balaban J connectivity index is 2.20. The van der Waals surface area contributed by atoms with Gasteiger partial charge in [-0.1, -0.05) is 16.8 Å². The number of fused-ring (bicyclic) bond motifs is 1. The van der Waals surface area contributed by atoms with Gasteiger partial charge in [0, 0.05) is 15.9 Å². The molecule has 0 amide bonds. The van der Waals surface area contributed by atoms with Crippen molar-refractivity contribution in [3.8, 4) is 5.88 Å². The first-order chi connectivity index (χ1) is 14.0. The van der Waals surface area contributed by atoms with E-state index in [9.17, 15) is 14.7 Å². The number of carbonyl (C=O) groups excluding carboxylic acids is 2. The van der Waals surface area contributed by atoms with Crippen molar-refractivity contribution >= 4 is 56.5 Å². The molecule has 2 aromatic heterocycles. The van der Waals surface area contributed by atoms with E-state index in [2.05, 4.69) is 26.1 Å². The molecule has 0 bridgehead atoms. The van der Waals surface area contributed by atoms with Crippen molar-refractivity contribution in [3.63, 3.8) is 0 Å². The van der Waals surface area contributed by atoms with E-state index in [0.717, 1.165) is 4.57 Å². The summed E-state index contributed by atoms with van der Waals surface area (Å²) < 4.78 is 12.0. The lowest BCUT2D eigenvalue weighted by Gasteiger charge is -2.20. The molecule has 0 saturated heterocycles. The Morgan fingerprint density at radius 3 is 2.67 bits per heavy atom. The average Bonchev–Trinajstić information content (AvgIpc) is 3.16. The fourth-order valence-electron chi connectivity index (χ4n) is 2.84. The minimum absolute atomic E-state index is 0.0300. The van der Waals surface area contributed by atoms with Gasteiger partial charge in [-0.15, -0.1) is 0 Å². The first-order valence-electron chi connectivity index (χ1n) is 8.89. The number of benzene rings is 1. The van der Waals surface area contributed by atoms with Crippen LogP contribution in [0.4, 0.5) is 4.79 Å². The topological polar surface area (TPSA) is 107 Å². The van der Waals surface area contributed by atoms with Crippen LogP contribution in [0.1, 0.15) is 37.8 Å². The van der Waals surface area contributed by atoms with Crippen molar-refractivity contribution in [2.75, 3.05) is 0 Å². The molecule has 0 aliphatic rings. The fourth-order valence-corrected chi connectivity index (χ4v) is 3.34. The van der Waals surface area contributed by atoms with Gasteiger partial charge in [0.1, 0.15) is 17.9 Å². The lowest BCUT2D eigenvalue weighted by Crippen LogP contribution is -2.27. The van der Waals surface area contributed by atoms with E-state index in [-0.39, 0.29) is 23.3 Å². The zero-order chi connectivity index (χ0) is 22.2. The number of aldehydes is 1. The molecule has 158 valence electrons. The molecule has 10 heteroatoms. The molecular formula is C20H19BrClN3O5. The number of hydrogen-bond donors (Lipinski definition) is 1. The Morgan fingerprint density at radius 2 is 2.10 bits per heavy atom. The highest BCUT2D eigenvalue weighted by molar-refractivity contribution is 9.10. The quantitative estimate of drug-likeness (QED) is 0.401. The second-order valence-electron chi connectivity index (χ2n) is 7.55. The minimum Gasteiger partial charge on any atom is -0.494 e. The summed E-state index contributed by atoms with van der Waals surface area (Å²) >= 11 is 9.53. The van der Waals surface area contributed by atoms with Gasteiger partial charge in [0.2, 0.25) is 5.88 Å². The van der Waals surface area contributed by atoms with Gasteiger partial charge < -0.3 is 14.4 Å². The van der Waals surface area contributed by atoms with Crippen molar-refractivity contribution in [1.29, 1.82) is 0 Å². The van der Waals surface area contributed by atoms with Crippen LogP contribution in [0.2, 0.25) is 5.02 Å². The molecule has 0 spiro atoms. The first-order valence-corrected chi connectivity index (χ1v) is 10.1. The molecule has 0 radical (unpaired) electrons. The molecule has 0 atom stereocenters. The maximum Gasteiger partial charge on any atom is 0.421 e. The summed E-state index contributed by atoms with van der Waals surface area (Å²) in [6.07, 6.45) is -0.314. The third kappa shape index (κ3) is 4.41. The molecule has 2 heterocycles. The van der Waals surface area contributed by atoms with Crippen LogP contribution in [0, 0.1) is 6.92 Å². The van der Waals surface area contributed by atoms with Gasteiger partial charge in [0.05, 0.1) is 21.8 Å². The monoisotopic (exact) mass is 495 g/mol. The average molecular weight is 497 g/mol. The summed E-state index contributed by atoms with van der Waals surface area (Å²) in [6.45, 7) is 6.91. The molecule has 8 nitrogen and oxygen atoms in total. The molecule has 0 aliphatic carbocycles. The standard InChI is InChI=1S/C20H19BrClN3O5/c1-10-5-11(30-24-10)8-23-15(9-26)17-12-6-13(21)14(22)7-16(12)25(18(17)27)19(28)29-20(2,3)4/h5-7,9,27H,8H2,1-4H3. The van der Waals surface area contributed by atoms with Crippen LogP contribution in [0.15, 0.2) is 32.2 Å². The molecule has 3 rings (SSSR count). The molecule has 0 fully saturated rings. The number of aromatic nitrogens is 2. The zero-order valence-corrected chi connectivity index (χ0v) is 19.0. The van der Waals surface area contributed by atoms with Crippen LogP contribution in [0.5, 0.6) is 5.88 Å². The van der Waals surface area contributed by atoms with E-state index in [1.54, 1.807) is 39.8 Å². The van der Waals surface area contributed by atoms with Crippen LogP contribution in [-0.4, -0.2) is 38.5 Å². The van der Waals surface area contributed by atoms with E-state index in [1.807, 2.05) is 0 Å². The normalized spacial score (nSPS) is 12.4. The van der Waals surface area contributed by atoms with Gasteiger partial charge >= 0.3 is 6.09 Å². The number of carbonyl (C=O) groups is 2. The molecule has 0 saturated carbocycles. The van der Waals surface area contributed by atoms with Gasteiger partial charge in [0.15, 0.2) is 12.0 Å². The first kappa shape index (κ1) is 22.0. The van der Waals surface area contributed by atoms with Gasteiger partial charge in [-0.05, 0) is 55.8 Å². The molecule has 0 unspecified atom stereocenters. The van der Waals surface area contributed by atoms with Crippen molar-refractivity contribution in [2.45, 2.75) is 39.8 Å². The zero-order valence-electron chi connectivity index (χ0n) is 16.7. The Labute approximate surface area is 185 Å². The lowest BCUT2D eigenvalue weighted by molar-refractivity contribution is -0.102. The Hall–Kier alpha value is -2.65. The molecular weight excluding hydrogens is 478 g/mol. The maximum absolute atomic E-state index is 12.8. The van der Waals surface area contributed by atoms with E-state index < -0.39 is 17.6 Å². The number of aryl methyl sites for hydroxylation is 1. The van der Waals surface area contributed by atoms with E-state index in [1.165, 1.54) is 6.07 Å². The van der Waals surface area contributed by atoms with Gasteiger partial charge in [0.25, 0.3) is 0 Å². The number of rotatable bonds is 4. The third-order valence-electron chi connectivity index (χ3n) is 4.01. The second kappa shape index (κ2) is 8.23. The SMILES string of the molecule is Cc1cc(CN=C(C=O)c2c(O)n(C(=O)OC(C)(C)C)c3cc(Cl)c(Br)cc23)on1. The third-order valence-corrected chi connectivity index (χ3v) is 5.21. The molecule has 1 aromatic carbocycles. The van der Waals surface area contributed by atoms with Gasteiger partial charge in [-0.3, -0.25) is 9.79 Å². The summed E-state index contributed by atoms with van der Waals surface area (Å²) in [6, 6.07) is 4.79. The predicted octanol–water partition coefficient (Wildman–Crippen LogP) is 5.03. The van der Waals surface area contributed by atoms with Crippen LogP contribution in [0.25, 0.3) is 10.9 Å². The highest BCUT2D eigenvalue weighted by atomic mass is 79.9. The Kier molecular flexibility index (Phi) is 6.05. The predicted molar refractivity (Wildman–Crippen MR) is 115 cm³/mol. The van der Waals surface area contributed by atoms with Crippen molar-refractivity contribution in [2.24, 2.45) is 4.99 Å². The van der Waals surface area contributed by atoms with Gasteiger partial charge in [-0.2, -0.15) is 0 Å². The van der Waals surface area contributed by atoms with Crippen molar-refractivity contribution in [3.05, 3.63) is 44.7 Å². The molecule has 3 aromatic rings. The summed E-state index contributed by atoms with van der Waals surface area (Å²) in [5, 5.41) is 15.4. The summed E-state index contributed by atoms with van der Waals surface area (Å²) in [5.74, 6) is -0.0283. The smallest absolute Gasteiger partial charge is 0.421 e.